The van der Waals surface area contributed by atoms with Crippen molar-refractivity contribution in [2.75, 3.05) is 13.2 Å². The lowest BCUT2D eigenvalue weighted by Gasteiger charge is -2.05. The second kappa shape index (κ2) is 5.64. The number of aryl methyl sites for hydroxylation is 1. The number of carboxylic acid groups (broad SMARTS) is 1. The Hall–Kier alpha value is -1.88. The molecule has 0 amide bonds. The van der Waals surface area contributed by atoms with Gasteiger partial charge in [0.15, 0.2) is 0 Å². The fraction of sp³-hybridized carbons (Fsp3) is 0.385. The van der Waals surface area contributed by atoms with Crippen LogP contribution in [0.5, 0.6) is 0 Å². The van der Waals surface area contributed by atoms with Crippen molar-refractivity contribution in [3.8, 4) is 0 Å². The molecule has 0 unspecified atom stereocenters. The number of ether oxygens (including phenoxy) is 1. The van der Waals surface area contributed by atoms with Crippen LogP contribution in [-0.4, -0.2) is 33.8 Å². The van der Waals surface area contributed by atoms with E-state index in [0.717, 1.165) is 24.0 Å². The van der Waals surface area contributed by atoms with E-state index in [1.807, 2.05) is 11.5 Å². The molecule has 0 atom stereocenters. The summed E-state index contributed by atoms with van der Waals surface area (Å²) in [5.41, 5.74) is 1.96. The minimum absolute atomic E-state index is 0.286. The van der Waals surface area contributed by atoms with Crippen LogP contribution in [0, 0.1) is 0 Å². The predicted molar refractivity (Wildman–Crippen MR) is 67.8 cm³/mol. The maximum atomic E-state index is 10.9. The molecule has 1 aromatic heterocycles. The summed E-state index contributed by atoms with van der Waals surface area (Å²) >= 11 is 0. The topological polar surface area (TPSA) is 64.4 Å². The number of aromatic carboxylic acids is 1. The van der Waals surface area contributed by atoms with Crippen LogP contribution >= 0.6 is 0 Å². The molecule has 2 aromatic rings. The number of hydrogen-bond acceptors (Lipinski definition) is 3. The highest BCUT2D eigenvalue weighted by Gasteiger charge is 2.07. The first-order valence-electron chi connectivity index (χ1n) is 5.98. The van der Waals surface area contributed by atoms with Crippen LogP contribution in [0.2, 0.25) is 0 Å². The SMILES string of the molecule is CCOCCCn1cnc2ccc(C(=O)O)cc21. The molecule has 96 valence electrons. The van der Waals surface area contributed by atoms with Crippen molar-refractivity contribution in [3.05, 3.63) is 30.1 Å². The highest BCUT2D eigenvalue weighted by Crippen LogP contribution is 2.15. The van der Waals surface area contributed by atoms with Gasteiger partial charge in [-0.15, -0.1) is 0 Å². The second-order valence-electron chi connectivity index (χ2n) is 4.00. The van der Waals surface area contributed by atoms with Gasteiger partial charge in [-0.1, -0.05) is 0 Å². The summed E-state index contributed by atoms with van der Waals surface area (Å²) in [6.45, 7) is 4.16. The van der Waals surface area contributed by atoms with Crippen LogP contribution in [0.4, 0.5) is 0 Å². The summed E-state index contributed by atoms with van der Waals surface area (Å²) in [6, 6.07) is 4.96. The molecule has 5 heteroatoms. The largest absolute Gasteiger partial charge is 0.478 e. The van der Waals surface area contributed by atoms with E-state index in [2.05, 4.69) is 4.98 Å². The number of imidazole rings is 1. The van der Waals surface area contributed by atoms with Crippen LogP contribution < -0.4 is 0 Å². The molecule has 0 bridgehead atoms. The molecule has 5 nitrogen and oxygen atoms in total. The van der Waals surface area contributed by atoms with Gasteiger partial charge in [-0.05, 0) is 31.5 Å². The summed E-state index contributed by atoms with van der Waals surface area (Å²) < 4.78 is 7.24. The summed E-state index contributed by atoms with van der Waals surface area (Å²) in [6.07, 6.45) is 2.62. The summed E-state index contributed by atoms with van der Waals surface area (Å²) in [7, 11) is 0. The highest BCUT2D eigenvalue weighted by atomic mass is 16.5. The lowest BCUT2D eigenvalue weighted by atomic mass is 10.2. The van der Waals surface area contributed by atoms with Gasteiger partial charge in [-0.3, -0.25) is 0 Å². The Bertz CT molecular complexity index is 548. The first-order chi connectivity index (χ1) is 8.72. The van der Waals surface area contributed by atoms with Crippen molar-refractivity contribution in [2.24, 2.45) is 0 Å². The van der Waals surface area contributed by atoms with Crippen molar-refractivity contribution < 1.29 is 14.6 Å². The fourth-order valence-corrected chi connectivity index (χ4v) is 1.85. The Balaban J connectivity index is 2.17. The van der Waals surface area contributed by atoms with E-state index >= 15 is 0 Å². The summed E-state index contributed by atoms with van der Waals surface area (Å²) in [4.78, 5) is 15.2. The Morgan fingerprint density at radius 1 is 1.50 bits per heavy atom. The minimum Gasteiger partial charge on any atom is -0.478 e. The Morgan fingerprint density at radius 2 is 2.33 bits per heavy atom. The zero-order valence-corrected chi connectivity index (χ0v) is 10.3. The van der Waals surface area contributed by atoms with Gasteiger partial charge in [0, 0.05) is 19.8 Å². The first kappa shape index (κ1) is 12.6. The van der Waals surface area contributed by atoms with E-state index in [4.69, 9.17) is 9.84 Å². The second-order valence-corrected chi connectivity index (χ2v) is 4.00. The average Bonchev–Trinajstić information content (AvgIpc) is 2.77. The zero-order valence-electron chi connectivity index (χ0n) is 10.3. The van der Waals surface area contributed by atoms with Crippen molar-refractivity contribution >= 4 is 17.0 Å². The van der Waals surface area contributed by atoms with Gasteiger partial charge in [-0.2, -0.15) is 0 Å². The number of rotatable bonds is 6. The molecule has 0 saturated carbocycles. The van der Waals surface area contributed by atoms with Crippen LogP contribution in [0.25, 0.3) is 11.0 Å². The van der Waals surface area contributed by atoms with Gasteiger partial charge >= 0.3 is 5.97 Å². The minimum atomic E-state index is -0.918. The standard InChI is InChI=1S/C13H16N2O3/c1-2-18-7-3-6-15-9-14-11-5-4-10(13(16)17)8-12(11)15/h4-5,8-9H,2-3,6-7H2,1H3,(H,16,17). The van der Waals surface area contributed by atoms with Crippen LogP contribution in [0.3, 0.4) is 0 Å². The molecule has 0 radical (unpaired) electrons. The molecular weight excluding hydrogens is 232 g/mol. The monoisotopic (exact) mass is 248 g/mol. The third-order valence-corrected chi connectivity index (χ3v) is 2.76. The van der Waals surface area contributed by atoms with E-state index in [1.165, 1.54) is 0 Å². The average molecular weight is 248 g/mol. The van der Waals surface area contributed by atoms with E-state index in [9.17, 15) is 4.79 Å². The molecule has 18 heavy (non-hydrogen) atoms. The third-order valence-electron chi connectivity index (χ3n) is 2.76. The predicted octanol–water partition coefficient (Wildman–Crippen LogP) is 2.16. The molecule has 2 rings (SSSR count). The number of benzene rings is 1. The molecule has 1 N–H and O–H groups in total. The summed E-state index contributed by atoms with van der Waals surface area (Å²) in [5, 5.41) is 8.97. The Kier molecular flexibility index (Phi) is 3.94. The quantitative estimate of drug-likeness (QED) is 0.796. The lowest BCUT2D eigenvalue weighted by molar-refractivity contribution is 0.0697. The molecule has 1 aromatic carbocycles. The smallest absolute Gasteiger partial charge is 0.335 e. The van der Waals surface area contributed by atoms with Gasteiger partial charge < -0.3 is 14.4 Å². The number of carbonyl (C=O) groups is 1. The Morgan fingerprint density at radius 3 is 3.06 bits per heavy atom. The van der Waals surface area contributed by atoms with E-state index in [0.29, 0.717) is 13.2 Å². The molecule has 0 aliphatic carbocycles. The van der Waals surface area contributed by atoms with E-state index in [1.54, 1.807) is 24.5 Å². The normalized spacial score (nSPS) is 10.9. The van der Waals surface area contributed by atoms with Gasteiger partial charge in [0.25, 0.3) is 0 Å². The van der Waals surface area contributed by atoms with Crippen LogP contribution in [0.15, 0.2) is 24.5 Å². The lowest BCUT2D eigenvalue weighted by Crippen LogP contribution is -2.02. The number of fused-ring (bicyclic) bond motifs is 1. The van der Waals surface area contributed by atoms with Crippen LogP contribution in [-0.2, 0) is 11.3 Å². The number of aromatic nitrogens is 2. The molecule has 0 aliphatic rings. The molecule has 0 fully saturated rings. The highest BCUT2D eigenvalue weighted by molar-refractivity contribution is 5.92. The molecule has 1 heterocycles. The molecule has 0 saturated heterocycles. The van der Waals surface area contributed by atoms with Gasteiger partial charge in [0.1, 0.15) is 0 Å². The van der Waals surface area contributed by atoms with Crippen molar-refractivity contribution in [2.45, 2.75) is 19.9 Å². The van der Waals surface area contributed by atoms with E-state index < -0.39 is 5.97 Å². The maximum absolute atomic E-state index is 10.9. The van der Waals surface area contributed by atoms with Crippen LogP contribution in [0.1, 0.15) is 23.7 Å². The maximum Gasteiger partial charge on any atom is 0.335 e. The number of nitrogens with zero attached hydrogens (tertiary/aromatic N) is 2. The van der Waals surface area contributed by atoms with E-state index in [-0.39, 0.29) is 5.56 Å². The number of hydrogen-bond donors (Lipinski definition) is 1. The van der Waals surface area contributed by atoms with Crippen molar-refractivity contribution in [3.63, 3.8) is 0 Å². The number of carboxylic acids is 1. The van der Waals surface area contributed by atoms with Gasteiger partial charge in [-0.25, -0.2) is 9.78 Å². The molecule has 0 spiro atoms. The molecule has 0 aliphatic heterocycles. The van der Waals surface area contributed by atoms with Crippen molar-refractivity contribution in [1.29, 1.82) is 0 Å². The third kappa shape index (κ3) is 2.68. The Labute approximate surface area is 105 Å². The van der Waals surface area contributed by atoms with Gasteiger partial charge in [0.2, 0.25) is 0 Å². The van der Waals surface area contributed by atoms with Gasteiger partial charge in [0.05, 0.1) is 22.9 Å². The van der Waals surface area contributed by atoms with Crippen molar-refractivity contribution in [1.82, 2.24) is 9.55 Å². The molecular formula is C13H16N2O3. The summed E-state index contributed by atoms with van der Waals surface area (Å²) in [5.74, 6) is -0.918. The first-order valence-corrected chi connectivity index (χ1v) is 5.98. The zero-order chi connectivity index (χ0) is 13.0. The fourth-order valence-electron chi connectivity index (χ4n) is 1.85.